The zero-order valence-electron chi connectivity index (χ0n) is 12.5. The number of amides is 1. The summed E-state index contributed by atoms with van der Waals surface area (Å²) in [6, 6.07) is 4.59. The predicted molar refractivity (Wildman–Crippen MR) is 88.1 cm³/mol. The molecule has 1 N–H and O–H groups in total. The largest absolute Gasteiger partial charge is 0.480 e. The van der Waals surface area contributed by atoms with Crippen LogP contribution in [0.4, 0.5) is 0 Å². The lowest BCUT2D eigenvalue weighted by molar-refractivity contribution is -0.144. The van der Waals surface area contributed by atoms with Crippen LogP contribution in [0.2, 0.25) is 10.0 Å². The molecule has 1 heterocycles. The number of nitrogens with zero attached hydrogens (tertiary/aromatic N) is 2. The van der Waals surface area contributed by atoms with E-state index in [4.69, 9.17) is 23.2 Å². The molecule has 2 fully saturated rings. The van der Waals surface area contributed by atoms with Gasteiger partial charge in [-0.2, -0.15) is 0 Å². The van der Waals surface area contributed by atoms with Crippen LogP contribution < -0.4 is 0 Å². The molecule has 1 aliphatic carbocycles. The minimum Gasteiger partial charge on any atom is -0.480 e. The highest BCUT2D eigenvalue weighted by molar-refractivity contribution is 6.43. The van der Waals surface area contributed by atoms with Crippen LogP contribution in [0.15, 0.2) is 18.2 Å². The molecule has 1 saturated heterocycles. The van der Waals surface area contributed by atoms with Crippen LogP contribution in [0.3, 0.4) is 0 Å². The normalized spacial score (nSPS) is 20.3. The van der Waals surface area contributed by atoms with Crippen molar-refractivity contribution in [1.29, 1.82) is 0 Å². The molecule has 124 valence electrons. The van der Waals surface area contributed by atoms with E-state index in [1.807, 2.05) is 4.90 Å². The van der Waals surface area contributed by atoms with Crippen molar-refractivity contribution >= 4 is 35.1 Å². The number of piperazine rings is 1. The van der Waals surface area contributed by atoms with E-state index in [2.05, 4.69) is 0 Å². The van der Waals surface area contributed by atoms with Crippen LogP contribution in [-0.2, 0) is 4.79 Å². The van der Waals surface area contributed by atoms with Gasteiger partial charge in [-0.25, -0.2) is 0 Å². The van der Waals surface area contributed by atoms with Crippen molar-refractivity contribution in [2.45, 2.75) is 18.9 Å². The molecular formula is C16H18Cl2N2O3. The van der Waals surface area contributed by atoms with Crippen LogP contribution in [0.5, 0.6) is 0 Å². The first-order chi connectivity index (χ1) is 11.0. The van der Waals surface area contributed by atoms with Gasteiger partial charge in [0, 0.05) is 26.2 Å². The van der Waals surface area contributed by atoms with Crippen molar-refractivity contribution in [3.63, 3.8) is 0 Å². The van der Waals surface area contributed by atoms with E-state index in [9.17, 15) is 14.7 Å². The van der Waals surface area contributed by atoms with Gasteiger partial charge >= 0.3 is 5.97 Å². The fourth-order valence-corrected chi connectivity index (χ4v) is 3.49. The number of carboxylic acids is 1. The summed E-state index contributed by atoms with van der Waals surface area (Å²) in [5.41, 5.74) is 0.393. The molecule has 0 spiro atoms. The Kier molecular flexibility index (Phi) is 4.80. The van der Waals surface area contributed by atoms with Crippen molar-refractivity contribution in [2.24, 2.45) is 5.92 Å². The second-order valence-electron chi connectivity index (χ2n) is 6.05. The number of hydrogen-bond donors (Lipinski definition) is 1. The second-order valence-corrected chi connectivity index (χ2v) is 6.84. The molecule has 5 nitrogen and oxygen atoms in total. The zero-order valence-corrected chi connectivity index (χ0v) is 14.1. The van der Waals surface area contributed by atoms with E-state index in [0.29, 0.717) is 36.8 Å². The summed E-state index contributed by atoms with van der Waals surface area (Å²) in [6.45, 7) is 2.13. The minimum atomic E-state index is -0.759. The Morgan fingerprint density at radius 1 is 1.13 bits per heavy atom. The highest BCUT2D eigenvalue weighted by Crippen LogP contribution is 2.36. The Morgan fingerprint density at radius 3 is 2.35 bits per heavy atom. The standard InChI is InChI=1S/C16H18Cl2N2O3/c17-12-3-1-2-11(13(12)18)15(21)20-8-6-19(7-9-20)14(16(22)23)10-4-5-10/h1-3,10,14H,4-9H2,(H,22,23). The molecule has 1 unspecified atom stereocenters. The lowest BCUT2D eigenvalue weighted by Crippen LogP contribution is -2.54. The number of carboxylic acid groups (broad SMARTS) is 1. The summed E-state index contributed by atoms with van der Waals surface area (Å²) in [5, 5.41) is 10.0. The molecule has 1 amide bonds. The Balaban J connectivity index is 1.65. The topological polar surface area (TPSA) is 60.9 Å². The van der Waals surface area contributed by atoms with Crippen molar-refractivity contribution < 1.29 is 14.7 Å². The number of carbonyl (C=O) groups excluding carboxylic acids is 1. The lowest BCUT2D eigenvalue weighted by atomic mass is 10.1. The molecule has 7 heteroatoms. The third-order valence-corrected chi connectivity index (χ3v) is 5.32. The van der Waals surface area contributed by atoms with Crippen molar-refractivity contribution in [3.8, 4) is 0 Å². The summed E-state index contributed by atoms with van der Waals surface area (Å²) in [7, 11) is 0. The molecule has 0 bridgehead atoms. The Hall–Kier alpha value is -1.30. The summed E-state index contributed by atoms with van der Waals surface area (Å²) in [5.74, 6) is -0.655. The van der Waals surface area contributed by atoms with Gasteiger partial charge in [0.05, 0.1) is 15.6 Å². The third kappa shape index (κ3) is 3.47. The van der Waals surface area contributed by atoms with Gasteiger partial charge in [-0.15, -0.1) is 0 Å². The summed E-state index contributed by atoms with van der Waals surface area (Å²) in [4.78, 5) is 27.7. The first-order valence-electron chi connectivity index (χ1n) is 7.69. The number of benzene rings is 1. The maximum Gasteiger partial charge on any atom is 0.321 e. The smallest absolute Gasteiger partial charge is 0.321 e. The first kappa shape index (κ1) is 16.6. The van der Waals surface area contributed by atoms with E-state index in [1.54, 1.807) is 23.1 Å². The molecule has 1 aromatic carbocycles. The van der Waals surface area contributed by atoms with Gasteiger partial charge in [-0.05, 0) is 30.9 Å². The lowest BCUT2D eigenvalue weighted by Gasteiger charge is -2.38. The highest BCUT2D eigenvalue weighted by Gasteiger charge is 2.41. The maximum atomic E-state index is 12.6. The number of hydrogen-bond acceptors (Lipinski definition) is 3. The van der Waals surface area contributed by atoms with Gasteiger partial charge in [0.2, 0.25) is 0 Å². The molecule has 1 atom stereocenters. The summed E-state index contributed by atoms with van der Waals surface area (Å²) in [6.07, 6.45) is 1.96. The van der Waals surface area contributed by atoms with Gasteiger partial charge in [0.15, 0.2) is 0 Å². The molecule has 1 saturated carbocycles. The van der Waals surface area contributed by atoms with E-state index in [1.165, 1.54) is 0 Å². The van der Waals surface area contributed by atoms with Gasteiger partial charge in [0.1, 0.15) is 6.04 Å². The van der Waals surface area contributed by atoms with Crippen LogP contribution in [0.25, 0.3) is 0 Å². The highest BCUT2D eigenvalue weighted by atomic mass is 35.5. The van der Waals surface area contributed by atoms with Crippen LogP contribution in [-0.4, -0.2) is 59.0 Å². The zero-order chi connectivity index (χ0) is 16.6. The fourth-order valence-electron chi connectivity index (χ4n) is 3.11. The third-order valence-electron chi connectivity index (χ3n) is 4.50. The van der Waals surface area contributed by atoms with Crippen molar-refractivity contribution in [1.82, 2.24) is 9.80 Å². The van der Waals surface area contributed by atoms with Gasteiger partial charge in [-0.1, -0.05) is 29.3 Å². The molecule has 1 aliphatic heterocycles. The SMILES string of the molecule is O=C(O)C(C1CC1)N1CCN(C(=O)c2cccc(Cl)c2Cl)CC1. The van der Waals surface area contributed by atoms with Crippen LogP contribution in [0, 0.1) is 5.92 Å². The van der Waals surface area contributed by atoms with E-state index in [0.717, 1.165) is 12.8 Å². The van der Waals surface area contributed by atoms with E-state index >= 15 is 0 Å². The summed E-state index contributed by atoms with van der Waals surface area (Å²) < 4.78 is 0. The first-order valence-corrected chi connectivity index (χ1v) is 8.44. The van der Waals surface area contributed by atoms with E-state index in [-0.39, 0.29) is 16.8 Å². The van der Waals surface area contributed by atoms with Crippen molar-refractivity contribution in [3.05, 3.63) is 33.8 Å². The average Bonchev–Trinajstić information content (AvgIpc) is 3.35. The Bertz CT molecular complexity index is 626. The molecule has 2 aliphatic rings. The van der Waals surface area contributed by atoms with Gasteiger partial charge < -0.3 is 10.0 Å². The fraction of sp³-hybridized carbons (Fsp3) is 0.500. The molecular weight excluding hydrogens is 339 g/mol. The number of aliphatic carboxylic acids is 1. The van der Waals surface area contributed by atoms with Gasteiger partial charge in [0.25, 0.3) is 5.91 Å². The maximum absolute atomic E-state index is 12.6. The Labute approximate surface area is 144 Å². The number of carbonyl (C=O) groups is 2. The molecule has 0 aromatic heterocycles. The molecule has 0 radical (unpaired) electrons. The Morgan fingerprint density at radius 2 is 1.78 bits per heavy atom. The van der Waals surface area contributed by atoms with Gasteiger partial charge in [-0.3, -0.25) is 14.5 Å². The second kappa shape index (κ2) is 6.67. The van der Waals surface area contributed by atoms with Crippen molar-refractivity contribution in [2.75, 3.05) is 26.2 Å². The molecule has 1 aromatic rings. The summed E-state index contributed by atoms with van der Waals surface area (Å²) >= 11 is 12.1. The monoisotopic (exact) mass is 356 g/mol. The van der Waals surface area contributed by atoms with Crippen LogP contribution in [0.1, 0.15) is 23.2 Å². The van der Waals surface area contributed by atoms with E-state index < -0.39 is 12.0 Å². The minimum absolute atomic E-state index is 0.157. The molecule has 23 heavy (non-hydrogen) atoms. The number of halogens is 2. The molecule has 3 rings (SSSR count). The average molecular weight is 357 g/mol. The van der Waals surface area contributed by atoms with Crippen LogP contribution >= 0.6 is 23.2 Å². The quantitative estimate of drug-likeness (QED) is 0.900. The number of rotatable bonds is 4. The predicted octanol–water partition coefficient (Wildman–Crippen LogP) is 2.61.